The summed E-state index contributed by atoms with van der Waals surface area (Å²) in [4.78, 5) is 19.5. The van der Waals surface area contributed by atoms with Crippen molar-refractivity contribution >= 4 is 5.91 Å². The number of imidazole rings is 1. The fourth-order valence-electron chi connectivity index (χ4n) is 4.04. The van der Waals surface area contributed by atoms with E-state index in [0.29, 0.717) is 19.0 Å². The van der Waals surface area contributed by atoms with E-state index in [1.165, 1.54) is 0 Å². The van der Waals surface area contributed by atoms with Crippen molar-refractivity contribution in [3.63, 3.8) is 0 Å². The molecule has 0 aromatic carbocycles. The fraction of sp³-hybridized carbons (Fsp3) is 0.667. The lowest BCUT2D eigenvalue weighted by molar-refractivity contribution is 0.0683. The van der Waals surface area contributed by atoms with Gasteiger partial charge in [-0.2, -0.15) is 0 Å². The second kappa shape index (κ2) is 7.57. The van der Waals surface area contributed by atoms with Crippen LogP contribution in [-0.4, -0.2) is 61.9 Å². The first kappa shape index (κ1) is 17.2. The first-order valence-electron chi connectivity index (χ1n) is 9.49. The number of methoxy groups -OCH3 is 1. The van der Waals surface area contributed by atoms with Gasteiger partial charge in [-0.15, -0.1) is 10.2 Å². The second-order valence-corrected chi connectivity index (χ2v) is 7.11. The second-order valence-electron chi connectivity index (χ2n) is 7.11. The van der Waals surface area contributed by atoms with Crippen LogP contribution in [0.15, 0.2) is 12.4 Å². The molecule has 1 fully saturated rings. The number of carbonyl (C=O) groups excluding carboxylic acids is 1. The van der Waals surface area contributed by atoms with Gasteiger partial charge in [0.1, 0.15) is 11.6 Å². The van der Waals surface area contributed by atoms with E-state index in [2.05, 4.69) is 19.7 Å². The summed E-state index contributed by atoms with van der Waals surface area (Å²) in [7, 11) is 1.71. The van der Waals surface area contributed by atoms with Gasteiger partial charge >= 0.3 is 0 Å². The molecule has 8 heteroatoms. The maximum atomic E-state index is 13.1. The molecule has 4 rings (SSSR count). The standard InChI is InChI=1S/C18H26N6O2/c1-26-12-11-22-10-7-19-16(22)14-5-4-8-23(13-14)18(25)17-21-20-15-6-2-3-9-24(15)17/h7,10,14H,2-6,8-9,11-13H2,1H3/t14-/m1/s1. The molecule has 2 aliphatic heterocycles. The Morgan fingerprint density at radius 2 is 2.19 bits per heavy atom. The lowest BCUT2D eigenvalue weighted by atomic mass is 9.97. The number of fused-ring (bicyclic) bond motifs is 1. The van der Waals surface area contributed by atoms with Crippen molar-refractivity contribution in [2.75, 3.05) is 26.8 Å². The molecule has 0 saturated carbocycles. The van der Waals surface area contributed by atoms with Gasteiger partial charge in [0.05, 0.1) is 6.61 Å². The Kier molecular flexibility index (Phi) is 5.01. The third-order valence-corrected chi connectivity index (χ3v) is 5.41. The molecule has 2 aromatic rings. The summed E-state index contributed by atoms with van der Waals surface area (Å²) in [6.07, 6.45) is 8.98. The zero-order valence-electron chi connectivity index (χ0n) is 15.3. The van der Waals surface area contributed by atoms with Crippen molar-refractivity contribution < 1.29 is 9.53 Å². The Bertz CT molecular complexity index is 768. The van der Waals surface area contributed by atoms with Gasteiger partial charge in [0, 0.05) is 58.0 Å². The van der Waals surface area contributed by atoms with Crippen molar-refractivity contribution in [1.82, 2.24) is 29.2 Å². The summed E-state index contributed by atoms with van der Waals surface area (Å²) in [6.45, 7) is 3.75. The third-order valence-electron chi connectivity index (χ3n) is 5.41. The first-order valence-corrected chi connectivity index (χ1v) is 9.49. The Morgan fingerprint density at radius 1 is 1.27 bits per heavy atom. The van der Waals surface area contributed by atoms with E-state index < -0.39 is 0 Å². The predicted octanol–water partition coefficient (Wildman–Crippen LogP) is 1.48. The number of likely N-dealkylation sites (tertiary alicyclic amines) is 1. The number of nitrogens with zero attached hydrogens (tertiary/aromatic N) is 6. The number of aromatic nitrogens is 5. The average molecular weight is 358 g/mol. The molecule has 2 aliphatic rings. The van der Waals surface area contributed by atoms with Crippen LogP contribution in [0.5, 0.6) is 0 Å². The number of ether oxygens (including phenoxy) is 1. The molecule has 0 N–H and O–H groups in total. The first-order chi connectivity index (χ1) is 12.8. The molecule has 4 heterocycles. The molecule has 8 nitrogen and oxygen atoms in total. The van der Waals surface area contributed by atoms with Crippen LogP contribution in [0.4, 0.5) is 0 Å². The van der Waals surface area contributed by atoms with Gasteiger partial charge in [-0.1, -0.05) is 0 Å². The summed E-state index contributed by atoms with van der Waals surface area (Å²) in [6, 6.07) is 0. The molecular weight excluding hydrogens is 332 g/mol. The van der Waals surface area contributed by atoms with E-state index in [9.17, 15) is 4.79 Å². The van der Waals surface area contributed by atoms with Crippen LogP contribution in [0.1, 0.15) is 53.9 Å². The van der Waals surface area contributed by atoms with Crippen molar-refractivity contribution in [3.05, 3.63) is 29.9 Å². The Balaban J connectivity index is 1.49. The van der Waals surface area contributed by atoms with Crippen LogP contribution in [0, 0.1) is 0 Å². The zero-order chi connectivity index (χ0) is 17.9. The molecule has 26 heavy (non-hydrogen) atoms. The third kappa shape index (κ3) is 3.25. The van der Waals surface area contributed by atoms with Gasteiger partial charge in [-0.3, -0.25) is 4.79 Å². The molecular formula is C18H26N6O2. The topological polar surface area (TPSA) is 78.1 Å². The van der Waals surface area contributed by atoms with Crippen molar-refractivity contribution in [2.24, 2.45) is 0 Å². The maximum Gasteiger partial charge on any atom is 0.291 e. The normalized spacial score (nSPS) is 20.2. The average Bonchev–Trinajstić information content (AvgIpc) is 3.33. The minimum absolute atomic E-state index is 0.00495. The number of hydrogen-bond acceptors (Lipinski definition) is 5. The lowest BCUT2D eigenvalue weighted by Gasteiger charge is -2.32. The van der Waals surface area contributed by atoms with Crippen molar-refractivity contribution in [2.45, 2.75) is 51.1 Å². The molecule has 2 aromatic heterocycles. The highest BCUT2D eigenvalue weighted by molar-refractivity contribution is 5.90. The number of aryl methyl sites for hydroxylation is 1. The zero-order valence-corrected chi connectivity index (χ0v) is 15.3. The Morgan fingerprint density at radius 3 is 3.08 bits per heavy atom. The van der Waals surface area contributed by atoms with E-state index in [1.807, 2.05) is 21.9 Å². The van der Waals surface area contributed by atoms with Gasteiger partial charge in [0.2, 0.25) is 5.82 Å². The van der Waals surface area contributed by atoms with Gasteiger partial charge in [0.25, 0.3) is 5.91 Å². The van der Waals surface area contributed by atoms with E-state index >= 15 is 0 Å². The SMILES string of the molecule is COCCn1ccnc1[C@@H]1CCCN(C(=O)c2nnc3n2CCCC3)C1. The fourth-order valence-corrected chi connectivity index (χ4v) is 4.04. The van der Waals surface area contributed by atoms with Gasteiger partial charge in [0.15, 0.2) is 0 Å². The summed E-state index contributed by atoms with van der Waals surface area (Å²) in [5.41, 5.74) is 0. The molecule has 1 amide bonds. The van der Waals surface area contributed by atoms with E-state index in [0.717, 1.165) is 63.4 Å². The Hall–Kier alpha value is -2.22. The van der Waals surface area contributed by atoms with E-state index in [-0.39, 0.29) is 11.8 Å². The van der Waals surface area contributed by atoms with Crippen LogP contribution in [0.3, 0.4) is 0 Å². The van der Waals surface area contributed by atoms with Crippen LogP contribution in [0.25, 0.3) is 0 Å². The van der Waals surface area contributed by atoms with Gasteiger partial charge in [-0.05, 0) is 25.7 Å². The van der Waals surface area contributed by atoms with Crippen LogP contribution in [0.2, 0.25) is 0 Å². The summed E-state index contributed by atoms with van der Waals surface area (Å²) >= 11 is 0. The molecule has 1 saturated heterocycles. The number of rotatable bonds is 5. The van der Waals surface area contributed by atoms with Crippen molar-refractivity contribution in [1.29, 1.82) is 0 Å². The molecule has 0 unspecified atom stereocenters. The Labute approximate surface area is 153 Å². The smallest absolute Gasteiger partial charge is 0.291 e. The van der Waals surface area contributed by atoms with Crippen LogP contribution >= 0.6 is 0 Å². The van der Waals surface area contributed by atoms with Gasteiger partial charge in [-0.25, -0.2) is 4.98 Å². The number of carbonyl (C=O) groups is 1. The summed E-state index contributed by atoms with van der Waals surface area (Å²) in [5.74, 6) is 2.75. The maximum absolute atomic E-state index is 13.1. The number of amides is 1. The highest BCUT2D eigenvalue weighted by atomic mass is 16.5. The van der Waals surface area contributed by atoms with Crippen LogP contribution < -0.4 is 0 Å². The van der Waals surface area contributed by atoms with Crippen molar-refractivity contribution in [3.8, 4) is 0 Å². The molecule has 140 valence electrons. The lowest BCUT2D eigenvalue weighted by Crippen LogP contribution is -2.41. The van der Waals surface area contributed by atoms with E-state index in [4.69, 9.17) is 4.74 Å². The largest absolute Gasteiger partial charge is 0.383 e. The summed E-state index contributed by atoms with van der Waals surface area (Å²) < 4.78 is 9.34. The number of piperidine rings is 1. The molecule has 1 atom stereocenters. The highest BCUT2D eigenvalue weighted by Gasteiger charge is 2.31. The number of hydrogen-bond donors (Lipinski definition) is 0. The quantitative estimate of drug-likeness (QED) is 0.809. The van der Waals surface area contributed by atoms with Crippen LogP contribution in [-0.2, 0) is 24.2 Å². The van der Waals surface area contributed by atoms with E-state index in [1.54, 1.807) is 7.11 Å². The molecule has 0 bridgehead atoms. The molecule has 0 aliphatic carbocycles. The monoisotopic (exact) mass is 358 g/mol. The van der Waals surface area contributed by atoms with Gasteiger partial charge < -0.3 is 18.8 Å². The minimum atomic E-state index is 0.00495. The minimum Gasteiger partial charge on any atom is -0.383 e. The highest BCUT2D eigenvalue weighted by Crippen LogP contribution is 2.27. The molecule has 0 spiro atoms. The molecule has 0 radical (unpaired) electrons. The predicted molar refractivity (Wildman–Crippen MR) is 94.9 cm³/mol. The summed E-state index contributed by atoms with van der Waals surface area (Å²) in [5, 5.41) is 8.43.